The minimum atomic E-state index is -1.17. The first kappa shape index (κ1) is 31.0. The number of nitrogens with zero attached hydrogens (tertiary/aromatic N) is 1. The summed E-state index contributed by atoms with van der Waals surface area (Å²) in [5.74, 6) is -3.25. The number of H-pyrrole nitrogens is 1. The van der Waals surface area contributed by atoms with Crippen molar-refractivity contribution in [2.75, 3.05) is 13.1 Å². The third kappa shape index (κ3) is 11.1. The molecular formula is C23H42N8O5. The van der Waals surface area contributed by atoms with E-state index in [2.05, 4.69) is 25.9 Å². The molecule has 0 saturated carbocycles. The number of nitrogens with two attached hydrogens (primary N) is 3. The molecule has 0 radical (unpaired) electrons. The van der Waals surface area contributed by atoms with Gasteiger partial charge in [0.2, 0.25) is 17.7 Å². The first-order valence-corrected chi connectivity index (χ1v) is 12.4. The summed E-state index contributed by atoms with van der Waals surface area (Å²) in [6.07, 6.45) is 6.30. The molecule has 13 heteroatoms. The number of carbonyl (C=O) groups is 4. The third-order valence-electron chi connectivity index (χ3n) is 5.73. The lowest BCUT2D eigenvalue weighted by Crippen LogP contribution is -2.58. The molecule has 4 atom stereocenters. The Bertz CT molecular complexity index is 817. The summed E-state index contributed by atoms with van der Waals surface area (Å²) in [6.45, 7) is 4.25. The molecule has 0 saturated heterocycles. The molecule has 0 aliphatic rings. The van der Waals surface area contributed by atoms with Gasteiger partial charge in [-0.15, -0.1) is 0 Å². The van der Waals surface area contributed by atoms with Crippen LogP contribution in [0.15, 0.2) is 12.5 Å². The van der Waals surface area contributed by atoms with Crippen LogP contribution in [0.3, 0.4) is 0 Å². The van der Waals surface area contributed by atoms with Crippen molar-refractivity contribution in [2.45, 2.75) is 83.0 Å². The van der Waals surface area contributed by atoms with Gasteiger partial charge in [0.1, 0.15) is 18.1 Å². The molecule has 1 aromatic heterocycles. The number of unbranched alkanes of at least 4 members (excludes halogenated alkanes) is 2. The summed E-state index contributed by atoms with van der Waals surface area (Å²) in [5, 5.41) is 17.3. The Morgan fingerprint density at radius 3 is 2.03 bits per heavy atom. The molecule has 0 aromatic carbocycles. The lowest BCUT2D eigenvalue weighted by Gasteiger charge is -2.26. The molecule has 0 aliphatic heterocycles. The second-order valence-corrected chi connectivity index (χ2v) is 9.15. The molecule has 4 unspecified atom stereocenters. The summed E-state index contributed by atoms with van der Waals surface area (Å²) in [6, 6.07) is -3.98. The van der Waals surface area contributed by atoms with E-state index < -0.39 is 47.9 Å². The molecule has 1 rings (SSSR count). The summed E-state index contributed by atoms with van der Waals surface area (Å²) >= 11 is 0. The van der Waals surface area contributed by atoms with Gasteiger partial charge in [0.15, 0.2) is 0 Å². The maximum atomic E-state index is 13.3. The van der Waals surface area contributed by atoms with Crippen LogP contribution in [-0.4, -0.2) is 76.0 Å². The average Bonchev–Trinajstić information content (AvgIpc) is 3.34. The lowest BCUT2D eigenvalue weighted by atomic mass is 10.0. The van der Waals surface area contributed by atoms with Crippen LogP contribution >= 0.6 is 0 Å². The van der Waals surface area contributed by atoms with Gasteiger partial charge in [-0.3, -0.25) is 14.4 Å². The number of carboxylic acid groups (broad SMARTS) is 1. The van der Waals surface area contributed by atoms with Crippen molar-refractivity contribution in [2.24, 2.45) is 23.1 Å². The Labute approximate surface area is 211 Å². The Morgan fingerprint density at radius 2 is 1.50 bits per heavy atom. The van der Waals surface area contributed by atoms with Gasteiger partial charge in [-0.1, -0.05) is 20.3 Å². The lowest BCUT2D eigenvalue weighted by molar-refractivity contribution is -0.143. The number of imidazole rings is 1. The second kappa shape index (κ2) is 16.6. The molecule has 0 aliphatic carbocycles. The number of amides is 3. The molecule has 36 heavy (non-hydrogen) atoms. The van der Waals surface area contributed by atoms with Crippen molar-refractivity contribution in [1.82, 2.24) is 25.9 Å². The van der Waals surface area contributed by atoms with Crippen molar-refractivity contribution in [3.05, 3.63) is 18.2 Å². The monoisotopic (exact) mass is 510 g/mol. The largest absolute Gasteiger partial charge is 0.480 e. The highest BCUT2D eigenvalue weighted by Gasteiger charge is 2.31. The number of hydrogen-bond acceptors (Lipinski definition) is 8. The average molecular weight is 511 g/mol. The molecule has 0 bridgehead atoms. The van der Waals surface area contributed by atoms with Crippen molar-refractivity contribution in [1.29, 1.82) is 0 Å². The Balaban J connectivity index is 3.01. The summed E-state index contributed by atoms with van der Waals surface area (Å²) < 4.78 is 0. The number of aliphatic carboxylic acids is 1. The van der Waals surface area contributed by atoms with Crippen molar-refractivity contribution in [3.63, 3.8) is 0 Å². The highest BCUT2D eigenvalue weighted by atomic mass is 16.4. The Kier molecular flexibility index (Phi) is 14.3. The van der Waals surface area contributed by atoms with Crippen LogP contribution in [0.5, 0.6) is 0 Å². The number of carbonyl (C=O) groups excluding carboxylic acids is 3. The zero-order valence-electron chi connectivity index (χ0n) is 21.2. The van der Waals surface area contributed by atoms with Crippen LogP contribution < -0.4 is 33.2 Å². The molecule has 13 nitrogen and oxygen atoms in total. The predicted molar refractivity (Wildman–Crippen MR) is 134 cm³/mol. The maximum absolute atomic E-state index is 13.3. The van der Waals surface area contributed by atoms with Crippen LogP contribution in [-0.2, 0) is 25.6 Å². The number of hydrogen-bond donors (Lipinski definition) is 8. The van der Waals surface area contributed by atoms with E-state index in [0.29, 0.717) is 44.5 Å². The van der Waals surface area contributed by atoms with E-state index in [4.69, 9.17) is 17.2 Å². The topological polar surface area (TPSA) is 231 Å². The van der Waals surface area contributed by atoms with E-state index >= 15 is 0 Å². The zero-order chi connectivity index (χ0) is 27.1. The first-order chi connectivity index (χ1) is 17.1. The molecular weight excluding hydrogens is 468 g/mol. The van der Waals surface area contributed by atoms with Crippen LogP contribution in [0.2, 0.25) is 0 Å². The zero-order valence-corrected chi connectivity index (χ0v) is 21.2. The number of nitrogens with one attached hydrogen (secondary N) is 4. The standard InChI is InChI=1S/C23H42N8O5/c1-14(2)19(23(35)36)31-21(33)17(8-4-6-10-25)29-22(34)18(11-15-12-27-13-28-15)30-20(32)16(26)7-3-5-9-24/h12-14,16-19H,3-11,24-26H2,1-2H3,(H,27,28)(H,29,34)(H,30,32)(H,31,33)(H,35,36). The van der Waals surface area contributed by atoms with Gasteiger partial charge in [0.25, 0.3) is 0 Å². The smallest absolute Gasteiger partial charge is 0.326 e. The van der Waals surface area contributed by atoms with Crippen LogP contribution in [0, 0.1) is 5.92 Å². The number of rotatable bonds is 18. The number of aromatic nitrogens is 2. The fourth-order valence-electron chi connectivity index (χ4n) is 3.55. The Hall–Kier alpha value is -3.03. The van der Waals surface area contributed by atoms with Gasteiger partial charge in [0.05, 0.1) is 12.4 Å². The van der Waals surface area contributed by atoms with Crippen molar-refractivity contribution in [3.8, 4) is 0 Å². The highest BCUT2D eigenvalue weighted by Crippen LogP contribution is 2.08. The van der Waals surface area contributed by atoms with E-state index in [-0.39, 0.29) is 18.8 Å². The molecule has 204 valence electrons. The summed E-state index contributed by atoms with van der Waals surface area (Å²) in [7, 11) is 0. The molecule has 1 heterocycles. The van der Waals surface area contributed by atoms with E-state index in [1.807, 2.05) is 0 Å². The van der Waals surface area contributed by atoms with Crippen LogP contribution in [0.25, 0.3) is 0 Å². The fraction of sp³-hybridized carbons (Fsp3) is 0.696. The maximum Gasteiger partial charge on any atom is 0.326 e. The minimum absolute atomic E-state index is 0.0912. The molecule has 0 spiro atoms. The predicted octanol–water partition coefficient (Wildman–Crippen LogP) is -1.27. The van der Waals surface area contributed by atoms with Crippen LogP contribution in [0.1, 0.15) is 58.1 Å². The molecule has 11 N–H and O–H groups in total. The highest BCUT2D eigenvalue weighted by molar-refractivity contribution is 5.94. The Morgan fingerprint density at radius 1 is 0.917 bits per heavy atom. The van der Waals surface area contributed by atoms with E-state index in [0.717, 1.165) is 6.42 Å². The summed E-state index contributed by atoms with van der Waals surface area (Å²) in [5.41, 5.74) is 17.6. The van der Waals surface area contributed by atoms with E-state index in [1.54, 1.807) is 13.8 Å². The normalized spacial score (nSPS) is 14.5. The van der Waals surface area contributed by atoms with Gasteiger partial charge < -0.3 is 43.2 Å². The van der Waals surface area contributed by atoms with Gasteiger partial charge in [-0.25, -0.2) is 9.78 Å². The quantitative estimate of drug-likeness (QED) is 0.110. The number of carboxylic acids is 1. The van der Waals surface area contributed by atoms with Gasteiger partial charge in [-0.05, 0) is 51.1 Å². The van der Waals surface area contributed by atoms with Gasteiger partial charge >= 0.3 is 5.97 Å². The molecule has 0 fully saturated rings. The fourth-order valence-corrected chi connectivity index (χ4v) is 3.55. The van der Waals surface area contributed by atoms with Crippen molar-refractivity contribution < 1.29 is 24.3 Å². The molecule has 1 aromatic rings. The van der Waals surface area contributed by atoms with E-state index in [1.165, 1.54) is 12.5 Å². The van der Waals surface area contributed by atoms with E-state index in [9.17, 15) is 24.3 Å². The first-order valence-electron chi connectivity index (χ1n) is 12.4. The number of aromatic amines is 1. The SMILES string of the molecule is CC(C)C(NC(=O)C(CCCCN)NC(=O)C(Cc1cnc[nH]1)NC(=O)C(N)CCCCN)C(=O)O. The van der Waals surface area contributed by atoms with Crippen molar-refractivity contribution >= 4 is 23.7 Å². The minimum Gasteiger partial charge on any atom is -0.480 e. The molecule has 3 amide bonds. The van der Waals surface area contributed by atoms with Gasteiger partial charge in [0, 0.05) is 18.3 Å². The third-order valence-corrected chi connectivity index (χ3v) is 5.73. The summed E-state index contributed by atoms with van der Waals surface area (Å²) in [4.78, 5) is 57.3. The van der Waals surface area contributed by atoms with Gasteiger partial charge in [-0.2, -0.15) is 0 Å². The van der Waals surface area contributed by atoms with Crippen LogP contribution in [0.4, 0.5) is 0 Å². The second-order valence-electron chi connectivity index (χ2n) is 9.15.